The summed E-state index contributed by atoms with van der Waals surface area (Å²) in [7, 11) is 0. The van der Waals surface area contributed by atoms with Gasteiger partial charge in [-0.25, -0.2) is 0 Å². The molecule has 1 aliphatic carbocycles. The van der Waals surface area contributed by atoms with Crippen molar-refractivity contribution < 1.29 is 0 Å². The van der Waals surface area contributed by atoms with Crippen LogP contribution in [0.4, 0.5) is 0 Å². The summed E-state index contributed by atoms with van der Waals surface area (Å²) in [5.74, 6) is 0. The number of allylic oxidation sites excluding steroid dienone is 2. The molecule has 0 unspecified atom stereocenters. The summed E-state index contributed by atoms with van der Waals surface area (Å²) in [4.78, 5) is 0. The molecule has 4 aromatic rings. The first-order valence-corrected chi connectivity index (χ1v) is 9.98. The third-order valence-electron chi connectivity index (χ3n) is 4.90. The molecule has 0 amide bonds. The van der Waals surface area contributed by atoms with Gasteiger partial charge in [-0.3, -0.25) is 0 Å². The standard InChI is InChI=1S/C21H18S2/c1-13-7-9-16-18(11-13)22-21-17-10-8-15(12-19(17)23-20(16)21)14-5-3-2-4-6-14/h5,7-12H,2-4,6H2,1H3. The summed E-state index contributed by atoms with van der Waals surface area (Å²) in [6, 6.07) is 14.0. The second kappa shape index (κ2) is 5.19. The number of rotatable bonds is 1. The Balaban J connectivity index is 1.74. The Morgan fingerprint density at radius 1 is 0.826 bits per heavy atom. The lowest BCUT2D eigenvalue weighted by Crippen LogP contribution is -1.91. The second-order valence-electron chi connectivity index (χ2n) is 6.55. The van der Waals surface area contributed by atoms with E-state index in [1.807, 2.05) is 22.7 Å². The Morgan fingerprint density at radius 2 is 1.57 bits per heavy atom. The van der Waals surface area contributed by atoms with Gasteiger partial charge in [0.05, 0.1) is 9.40 Å². The van der Waals surface area contributed by atoms with Crippen molar-refractivity contribution in [3.63, 3.8) is 0 Å². The Labute approximate surface area is 144 Å². The smallest absolute Gasteiger partial charge is 0.0542 e. The highest BCUT2D eigenvalue weighted by Gasteiger charge is 2.14. The Bertz CT molecular complexity index is 1080. The number of thiophene rings is 2. The minimum Gasteiger partial charge on any atom is -0.134 e. The molecular weight excluding hydrogens is 316 g/mol. The SMILES string of the molecule is Cc1ccc2c(c1)sc1c3ccc(C4=CCCCC4)cc3sc21. The highest BCUT2D eigenvalue weighted by atomic mass is 32.1. The minimum atomic E-state index is 1.24. The maximum absolute atomic E-state index is 2.44. The van der Waals surface area contributed by atoms with E-state index in [0.717, 1.165) is 0 Å². The van der Waals surface area contributed by atoms with Crippen LogP contribution in [0.25, 0.3) is 35.1 Å². The van der Waals surface area contributed by atoms with Gasteiger partial charge < -0.3 is 0 Å². The van der Waals surface area contributed by atoms with Crippen molar-refractivity contribution in [1.82, 2.24) is 0 Å². The zero-order chi connectivity index (χ0) is 15.4. The summed E-state index contributed by atoms with van der Waals surface area (Å²) >= 11 is 3.91. The van der Waals surface area contributed by atoms with Crippen LogP contribution in [0.3, 0.4) is 0 Å². The van der Waals surface area contributed by atoms with E-state index in [9.17, 15) is 0 Å². The van der Waals surface area contributed by atoms with E-state index in [-0.39, 0.29) is 0 Å². The van der Waals surface area contributed by atoms with Crippen LogP contribution in [0.5, 0.6) is 0 Å². The molecule has 5 rings (SSSR count). The quantitative estimate of drug-likeness (QED) is 0.337. The van der Waals surface area contributed by atoms with E-state index in [4.69, 9.17) is 0 Å². The largest absolute Gasteiger partial charge is 0.134 e. The minimum absolute atomic E-state index is 1.24. The van der Waals surface area contributed by atoms with Gasteiger partial charge in [0.1, 0.15) is 0 Å². The van der Waals surface area contributed by atoms with Gasteiger partial charge in [0.25, 0.3) is 0 Å². The molecule has 1 aliphatic rings. The number of hydrogen-bond acceptors (Lipinski definition) is 2. The molecule has 0 spiro atoms. The molecule has 2 heterocycles. The molecule has 0 saturated heterocycles. The third-order valence-corrected chi connectivity index (χ3v) is 7.40. The highest BCUT2D eigenvalue weighted by Crippen LogP contribution is 2.45. The summed E-state index contributed by atoms with van der Waals surface area (Å²) in [6.45, 7) is 2.18. The van der Waals surface area contributed by atoms with Crippen molar-refractivity contribution >= 4 is 57.8 Å². The van der Waals surface area contributed by atoms with E-state index in [1.165, 1.54) is 66.4 Å². The van der Waals surface area contributed by atoms with Crippen LogP contribution in [0, 0.1) is 6.92 Å². The first kappa shape index (κ1) is 13.8. The lowest BCUT2D eigenvalue weighted by atomic mass is 9.93. The number of aryl methyl sites for hydroxylation is 1. The number of hydrogen-bond donors (Lipinski definition) is 0. The molecular formula is C21H18S2. The topological polar surface area (TPSA) is 0 Å². The third kappa shape index (κ3) is 2.16. The molecule has 0 fully saturated rings. The average molecular weight is 335 g/mol. The van der Waals surface area contributed by atoms with E-state index >= 15 is 0 Å². The molecule has 0 radical (unpaired) electrons. The van der Waals surface area contributed by atoms with Gasteiger partial charge in [-0.15, -0.1) is 22.7 Å². The lowest BCUT2D eigenvalue weighted by molar-refractivity contribution is 0.742. The molecule has 23 heavy (non-hydrogen) atoms. The van der Waals surface area contributed by atoms with Crippen LogP contribution in [-0.2, 0) is 0 Å². The fourth-order valence-electron chi connectivity index (χ4n) is 3.66. The van der Waals surface area contributed by atoms with Crippen LogP contribution in [0.2, 0.25) is 0 Å². The summed E-state index contributed by atoms with van der Waals surface area (Å²) < 4.78 is 5.80. The average Bonchev–Trinajstić information content (AvgIpc) is 3.10. The molecule has 0 N–H and O–H groups in total. The van der Waals surface area contributed by atoms with Gasteiger partial charge in [0.15, 0.2) is 0 Å². The Kier molecular flexibility index (Phi) is 3.10. The fraction of sp³-hybridized carbons (Fsp3) is 0.238. The molecule has 0 bridgehead atoms. The molecule has 0 atom stereocenters. The maximum Gasteiger partial charge on any atom is 0.0542 e. The normalized spacial score (nSPS) is 15.6. The zero-order valence-corrected chi connectivity index (χ0v) is 14.8. The maximum atomic E-state index is 2.44. The van der Waals surface area contributed by atoms with Crippen LogP contribution < -0.4 is 0 Å². The summed E-state index contributed by atoms with van der Waals surface area (Å²) in [5.41, 5.74) is 4.34. The fourth-order valence-corrected chi connectivity index (χ4v) is 6.45. The summed E-state index contributed by atoms with van der Waals surface area (Å²) in [6.07, 6.45) is 7.63. The van der Waals surface area contributed by atoms with Crippen LogP contribution in [0.15, 0.2) is 42.5 Å². The van der Waals surface area contributed by atoms with Gasteiger partial charge in [0, 0.05) is 20.2 Å². The zero-order valence-electron chi connectivity index (χ0n) is 13.2. The van der Waals surface area contributed by atoms with Crippen molar-refractivity contribution in [3.8, 4) is 0 Å². The van der Waals surface area contributed by atoms with Crippen molar-refractivity contribution in [1.29, 1.82) is 0 Å². The molecule has 2 aromatic heterocycles. The summed E-state index contributed by atoms with van der Waals surface area (Å²) in [5, 5.41) is 2.86. The van der Waals surface area contributed by atoms with E-state index in [2.05, 4.69) is 49.4 Å². The lowest BCUT2D eigenvalue weighted by Gasteiger charge is -2.12. The first-order chi connectivity index (χ1) is 11.3. The van der Waals surface area contributed by atoms with E-state index < -0.39 is 0 Å². The monoisotopic (exact) mass is 334 g/mol. The number of fused-ring (bicyclic) bond motifs is 5. The van der Waals surface area contributed by atoms with Crippen molar-refractivity contribution in [3.05, 3.63) is 53.6 Å². The molecule has 2 heteroatoms. The van der Waals surface area contributed by atoms with Crippen molar-refractivity contribution in [2.75, 3.05) is 0 Å². The van der Waals surface area contributed by atoms with E-state index in [1.54, 1.807) is 5.57 Å². The molecule has 114 valence electrons. The Morgan fingerprint density at radius 3 is 2.30 bits per heavy atom. The molecule has 0 aliphatic heterocycles. The van der Waals surface area contributed by atoms with Gasteiger partial charge in [-0.1, -0.05) is 30.3 Å². The van der Waals surface area contributed by atoms with Crippen LogP contribution in [0.1, 0.15) is 36.8 Å². The van der Waals surface area contributed by atoms with E-state index in [0.29, 0.717) is 0 Å². The van der Waals surface area contributed by atoms with Gasteiger partial charge >= 0.3 is 0 Å². The van der Waals surface area contributed by atoms with Crippen LogP contribution >= 0.6 is 22.7 Å². The molecule has 0 saturated carbocycles. The van der Waals surface area contributed by atoms with Gasteiger partial charge in [-0.05, 0) is 61.4 Å². The van der Waals surface area contributed by atoms with Crippen molar-refractivity contribution in [2.45, 2.75) is 32.6 Å². The second-order valence-corrected chi connectivity index (χ2v) is 8.65. The Hall–Kier alpha value is -1.64. The predicted octanol–water partition coefficient (Wildman–Crippen LogP) is 7.54. The first-order valence-electron chi connectivity index (χ1n) is 8.34. The molecule has 2 aromatic carbocycles. The van der Waals surface area contributed by atoms with Crippen LogP contribution in [-0.4, -0.2) is 0 Å². The van der Waals surface area contributed by atoms with Crippen molar-refractivity contribution in [2.24, 2.45) is 0 Å². The van der Waals surface area contributed by atoms with Gasteiger partial charge in [0.2, 0.25) is 0 Å². The molecule has 0 nitrogen and oxygen atoms in total. The predicted molar refractivity (Wildman–Crippen MR) is 106 cm³/mol. The number of benzene rings is 2. The highest BCUT2D eigenvalue weighted by molar-refractivity contribution is 7.36. The van der Waals surface area contributed by atoms with Gasteiger partial charge in [-0.2, -0.15) is 0 Å².